The Bertz CT molecular complexity index is 528. The van der Waals surface area contributed by atoms with Crippen molar-refractivity contribution in [3.05, 3.63) is 21.4 Å². The first-order valence-corrected chi connectivity index (χ1v) is 8.67. The predicted octanol–water partition coefficient (Wildman–Crippen LogP) is 2.81. The number of piperazine rings is 1. The lowest BCUT2D eigenvalue weighted by atomic mass is 9.97. The Labute approximate surface area is 130 Å². The van der Waals surface area contributed by atoms with E-state index in [9.17, 15) is 4.79 Å². The average Bonchev–Trinajstić information content (AvgIpc) is 2.81. The van der Waals surface area contributed by atoms with Crippen LogP contribution in [-0.2, 0) is 6.54 Å². The molecule has 0 spiro atoms. The number of thiophene rings is 1. The minimum atomic E-state index is -0.806. The second kappa shape index (κ2) is 6.07. The van der Waals surface area contributed by atoms with Gasteiger partial charge in [0.15, 0.2) is 0 Å². The third-order valence-electron chi connectivity index (χ3n) is 4.92. The van der Waals surface area contributed by atoms with Gasteiger partial charge in [-0.25, -0.2) is 4.79 Å². The van der Waals surface area contributed by atoms with E-state index in [2.05, 4.69) is 16.7 Å². The molecule has 0 amide bonds. The molecule has 4 nitrogen and oxygen atoms in total. The van der Waals surface area contributed by atoms with Gasteiger partial charge in [0, 0.05) is 36.6 Å². The number of carbonyl (C=O) groups is 1. The van der Waals surface area contributed by atoms with E-state index >= 15 is 0 Å². The molecule has 2 unspecified atom stereocenters. The van der Waals surface area contributed by atoms with Gasteiger partial charge in [0.05, 0.1) is 0 Å². The van der Waals surface area contributed by atoms with Gasteiger partial charge in [-0.15, -0.1) is 11.3 Å². The van der Waals surface area contributed by atoms with Gasteiger partial charge in [-0.3, -0.25) is 9.80 Å². The summed E-state index contributed by atoms with van der Waals surface area (Å²) in [6, 6.07) is 3.11. The maximum Gasteiger partial charge on any atom is 0.345 e. The molecule has 2 aliphatic heterocycles. The fraction of sp³-hybridized carbons (Fsp3) is 0.688. The third kappa shape index (κ3) is 3.15. The SMILES string of the molecule is Cc1sc(C(=O)O)cc1CN1CC2CCCCN2CC1C. The predicted molar refractivity (Wildman–Crippen MR) is 85.1 cm³/mol. The molecule has 1 aromatic rings. The molecule has 21 heavy (non-hydrogen) atoms. The molecule has 0 saturated carbocycles. The molecule has 0 aromatic carbocycles. The van der Waals surface area contributed by atoms with Gasteiger partial charge in [0.1, 0.15) is 4.88 Å². The van der Waals surface area contributed by atoms with E-state index in [4.69, 9.17) is 5.11 Å². The summed E-state index contributed by atoms with van der Waals surface area (Å²) in [7, 11) is 0. The smallest absolute Gasteiger partial charge is 0.345 e. The van der Waals surface area contributed by atoms with Crippen LogP contribution in [0, 0.1) is 6.92 Å². The second-order valence-electron chi connectivity index (χ2n) is 6.42. The Kier molecular flexibility index (Phi) is 4.33. The Morgan fingerprint density at radius 3 is 2.95 bits per heavy atom. The topological polar surface area (TPSA) is 43.8 Å². The Morgan fingerprint density at radius 1 is 1.43 bits per heavy atom. The number of fused-ring (bicyclic) bond motifs is 1. The van der Waals surface area contributed by atoms with E-state index in [1.165, 1.54) is 42.7 Å². The van der Waals surface area contributed by atoms with Crippen LogP contribution < -0.4 is 0 Å². The van der Waals surface area contributed by atoms with Crippen molar-refractivity contribution in [2.75, 3.05) is 19.6 Å². The molecule has 1 N–H and O–H groups in total. The quantitative estimate of drug-likeness (QED) is 0.932. The highest BCUT2D eigenvalue weighted by atomic mass is 32.1. The molecule has 2 aliphatic rings. The fourth-order valence-electron chi connectivity index (χ4n) is 3.63. The van der Waals surface area contributed by atoms with Crippen molar-refractivity contribution in [1.29, 1.82) is 0 Å². The Balaban J connectivity index is 1.70. The zero-order chi connectivity index (χ0) is 15.0. The van der Waals surface area contributed by atoms with Crippen molar-refractivity contribution in [2.45, 2.75) is 51.7 Å². The van der Waals surface area contributed by atoms with Crippen LogP contribution in [0.5, 0.6) is 0 Å². The number of hydrogen-bond donors (Lipinski definition) is 1. The van der Waals surface area contributed by atoms with Gasteiger partial charge in [-0.2, -0.15) is 0 Å². The molecule has 3 rings (SSSR count). The summed E-state index contributed by atoms with van der Waals surface area (Å²) in [6.07, 6.45) is 4.01. The molecule has 0 bridgehead atoms. The molecule has 0 aliphatic carbocycles. The molecule has 5 heteroatoms. The second-order valence-corrected chi connectivity index (χ2v) is 7.68. The van der Waals surface area contributed by atoms with Gasteiger partial charge in [0.2, 0.25) is 0 Å². The normalized spacial score (nSPS) is 27.5. The molecular weight excluding hydrogens is 284 g/mol. The highest BCUT2D eigenvalue weighted by molar-refractivity contribution is 7.14. The summed E-state index contributed by atoms with van der Waals surface area (Å²) in [6.45, 7) is 8.75. The van der Waals surface area contributed by atoms with Gasteiger partial charge in [-0.05, 0) is 44.9 Å². The van der Waals surface area contributed by atoms with Gasteiger partial charge < -0.3 is 5.11 Å². The summed E-state index contributed by atoms with van der Waals surface area (Å²) in [5, 5.41) is 9.12. The maximum absolute atomic E-state index is 11.1. The minimum absolute atomic E-state index is 0.464. The molecule has 0 radical (unpaired) electrons. The lowest BCUT2D eigenvalue weighted by molar-refractivity contribution is 0.0110. The lowest BCUT2D eigenvalue weighted by Crippen LogP contribution is -2.58. The van der Waals surface area contributed by atoms with Crippen LogP contribution in [0.1, 0.15) is 46.3 Å². The van der Waals surface area contributed by atoms with Crippen molar-refractivity contribution in [2.24, 2.45) is 0 Å². The Hall–Kier alpha value is -0.910. The molecule has 2 saturated heterocycles. The highest BCUT2D eigenvalue weighted by Gasteiger charge is 2.33. The van der Waals surface area contributed by atoms with Crippen LogP contribution >= 0.6 is 11.3 Å². The van der Waals surface area contributed by atoms with Crippen LogP contribution in [0.15, 0.2) is 6.07 Å². The van der Waals surface area contributed by atoms with Gasteiger partial charge >= 0.3 is 5.97 Å². The largest absolute Gasteiger partial charge is 0.477 e. The van der Waals surface area contributed by atoms with Crippen molar-refractivity contribution >= 4 is 17.3 Å². The monoisotopic (exact) mass is 308 g/mol. The molecule has 3 heterocycles. The van der Waals surface area contributed by atoms with Crippen LogP contribution in [-0.4, -0.2) is 52.6 Å². The van der Waals surface area contributed by atoms with E-state index in [0.29, 0.717) is 17.0 Å². The van der Waals surface area contributed by atoms with Gasteiger partial charge in [-0.1, -0.05) is 6.42 Å². The van der Waals surface area contributed by atoms with E-state index in [1.54, 1.807) is 0 Å². The van der Waals surface area contributed by atoms with Gasteiger partial charge in [0.25, 0.3) is 0 Å². The van der Waals surface area contributed by atoms with Crippen molar-refractivity contribution in [3.8, 4) is 0 Å². The first-order chi connectivity index (χ1) is 10.0. The van der Waals surface area contributed by atoms with Crippen molar-refractivity contribution in [1.82, 2.24) is 9.80 Å². The summed E-state index contributed by atoms with van der Waals surface area (Å²) >= 11 is 1.40. The third-order valence-corrected chi connectivity index (χ3v) is 6.00. The first kappa shape index (κ1) is 15.0. The number of aromatic carboxylic acids is 1. The number of aryl methyl sites for hydroxylation is 1. The highest BCUT2D eigenvalue weighted by Crippen LogP contribution is 2.28. The molecule has 1 aromatic heterocycles. The molecular formula is C16H24N2O2S. The lowest BCUT2D eigenvalue weighted by Gasteiger charge is -2.47. The number of rotatable bonds is 3. The van der Waals surface area contributed by atoms with Crippen LogP contribution in [0.4, 0.5) is 0 Å². The van der Waals surface area contributed by atoms with Crippen molar-refractivity contribution in [3.63, 3.8) is 0 Å². The number of carboxylic acids is 1. The van der Waals surface area contributed by atoms with Crippen molar-refractivity contribution < 1.29 is 9.90 Å². The summed E-state index contributed by atoms with van der Waals surface area (Å²) in [4.78, 5) is 17.9. The summed E-state index contributed by atoms with van der Waals surface area (Å²) in [5.74, 6) is -0.806. The first-order valence-electron chi connectivity index (χ1n) is 7.85. The van der Waals surface area contributed by atoms with Crippen LogP contribution in [0.3, 0.4) is 0 Å². The molecule has 2 fully saturated rings. The minimum Gasteiger partial charge on any atom is -0.477 e. The zero-order valence-electron chi connectivity index (χ0n) is 12.8. The number of carboxylic acid groups (broad SMARTS) is 1. The van der Waals surface area contributed by atoms with E-state index < -0.39 is 5.97 Å². The fourth-order valence-corrected chi connectivity index (χ4v) is 4.51. The van der Waals surface area contributed by atoms with E-state index in [0.717, 1.165) is 24.5 Å². The summed E-state index contributed by atoms with van der Waals surface area (Å²) in [5.41, 5.74) is 1.19. The van der Waals surface area contributed by atoms with E-state index in [-0.39, 0.29) is 0 Å². The van der Waals surface area contributed by atoms with Crippen LogP contribution in [0.2, 0.25) is 0 Å². The average molecular weight is 308 g/mol. The summed E-state index contributed by atoms with van der Waals surface area (Å²) < 4.78 is 0. The molecule has 116 valence electrons. The number of piperidine rings is 1. The maximum atomic E-state index is 11.1. The van der Waals surface area contributed by atoms with E-state index in [1.807, 2.05) is 13.0 Å². The number of nitrogens with zero attached hydrogens (tertiary/aromatic N) is 2. The standard InChI is InChI=1S/C16H24N2O2S/c1-11-8-17-6-4-3-5-14(17)10-18(11)9-13-7-15(16(19)20)21-12(13)2/h7,11,14H,3-6,8-10H2,1-2H3,(H,19,20). The Morgan fingerprint density at radius 2 is 2.24 bits per heavy atom. The number of hydrogen-bond acceptors (Lipinski definition) is 4. The molecule has 2 atom stereocenters. The van der Waals surface area contributed by atoms with Crippen LogP contribution in [0.25, 0.3) is 0 Å². The zero-order valence-corrected chi connectivity index (χ0v) is 13.7.